The summed E-state index contributed by atoms with van der Waals surface area (Å²) in [6, 6.07) is 17.9. The van der Waals surface area contributed by atoms with Gasteiger partial charge in [-0.2, -0.15) is 0 Å². The van der Waals surface area contributed by atoms with Crippen molar-refractivity contribution in [3.05, 3.63) is 100 Å². The number of pyridine rings is 1. The van der Waals surface area contributed by atoms with Crippen LogP contribution in [0.4, 0.5) is 5.82 Å². The molecule has 1 amide bonds. The van der Waals surface area contributed by atoms with E-state index in [1.54, 1.807) is 23.0 Å². The summed E-state index contributed by atoms with van der Waals surface area (Å²) >= 11 is 0. The first kappa shape index (κ1) is 26.9. The fourth-order valence-electron chi connectivity index (χ4n) is 6.47. The molecule has 2 atom stereocenters. The van der Waals surface area contributed by atoms with Crippen molar-refractivity contribution in [1.29, 1.82) is 0 Å². The van der Waals surface area contributed by atoms with E-state index in [1.807, 2.05) is 61.5 Å². The highest BCUT2D eigenvalue weighted by Crippen LogP contribution is 2.35. The van der Waals surface area contributed by atoms with E-state index in [0.717, 1.165) is 25.9 Å². The number of para-hydroxylation sites is 1. The molecule has 2 aromatic carbocycles. The fourth-order valence-corrected chi connectivity index (χ4v) is 6.47. The van der Waals surface area contributed by atoms with Crippen LogP contribution in [-0.4, -0.2) is 60.3 Å². The Kier molecular flexibility index (Phi) is 6.49. The van der Waals surface area contributed by atoms with Gasteiger partial charge in [0.2, 0.25) is 0 Å². The maximum absolute atomic E-state index is 14.3. The number of benzene rings is 2. The minimum absolute atomic E-state index is 0.0650. The number of hydrogen-bond donors (Lipinski definition) is 3. The predicted molar refractivity (Wildman–Crippen MR) is 164 cm³/mol. The maximum atomic E-state index is 14.3. The topological polar surface area (TPSA) is 131 Å². The summed E-state index contributed by atoms with van der Waals surface area (Å²) in [6.07, 6.45) is 5.09. The van der Waals surface area contributed by atoms with Gasteiger partial charge in [0.1, 0.15) is 11.2 Å². The Hall–Kier alpha value is -4.98. The first-order valence-corrected chi connectivity index (χ1v) is 14.4. The predicted octanol–water partition coefficient (Wildman–Crippen LogP) is 2.91. The van der Waals surface area contributed by atoms with Gasteiger partial charge in [-0.25, -0.2) is 9.50 Å². The maximum Gasteiger partial charge on any atom is 0.264 e. The smallest absolute Gasteiger partial charge is 0.264 e. The minimum Gasteiger partial charge on any atom is -0.381 e. The van der Waals surface area contributed by atoms with Crippen LogP contribution in [0.3, 0.4) is 0 Å². The summed E-state index contributed by atoms with van der Waals surface area (Å²) in [4.78, 5) is 34.3. The van der Waals surface area contributed by atoms with E-state index in [-0.39, 0.29) is 22.9 Å². The third kappa shape index (κ3) is 4.63. The van der Waals surface area contributed by atoms with Crippen molar-refractivity contribution in [3.63, 3.8) is 0 Å². The van der Waals surface area contributed by atoms with Crippen molar-refractivity contribution in [3.8, 4) is 17.5 Å². The molecule has 5 aromatic rings. The zero-order valence-corrected chi connectivity index (χ0v) is 23.7. The van der Waals surface area contributed by atoms with Crippen molar-refractivity contribution in [1.82, 2.24) is 29.4 Å². The molecule has 3 aliphatic heterocycles. The number of nitrogen functional groups attached to an aromatic ring is 1. The van der Waals surface area contributed by atoms with Gasteiger partial charge in [0.15, 0.2) is 11.5 Å². The van der Waals surface area contributed by atoms with Gasteiger partial charge in [0.25, 0.3) is 11.5 Å². The Labute approximate surface area is 247 Å². The molecule has 4 N–H and O–H groups in total. The van der Waals surface area contributed by atoms with Gasteiger partial charge in [0.05, 0.1) is 11.4 Å². The molecule has 43 heavy (non-hydrogen) atoms. The third-order valence-electron chi connectivity index (χ3n) is 8.67. The molecule has 6 heterocycles. The molecule has 0 radical (unpaired) electrons. The van der Waals surface area contributed by atoms with Gasteiger partial charge < -0.3 is 16.2 Å². The van der Waals surface area contributed by atoms with E-state index in [0.29, 0.717) is 39.9 Å². The van der Waals surface area contributed by atoms with Crippen molar-refractivity contribution < 1.29 is 9.90 Å². The number of amides is 1. The van der Waals surface area contributed by atoms with Crippen LogP contribution in [0.5, 0.6) is 0 Å². The van der Waals surface area contributed by atoms with Crippen LogP contribution in [-0.2, 0) is 0 Å². The number of hydrogen-bond acceptors (Lipinski definition) is 7. The number of nitrogens with zero attached hydrogens (tertiary/aromatic N) is 5. The molecule has 2 bridgehead atoms. The largest absolute Gasteiger partial charge is 0.381 e. The van der Waals surface area contributed by atoms with Gasteiger partial charge in [0, 0.05) is 41.8 Å². The molecular formula is C33H31N7O3. The van der Waals surface area contributed by atoms with E-state index in [4.69, 9.17) is 5.73 Å². The lowest BCUT2D eigenvalue weighted by molar-refractivity contribution is -0.0713. The van der Waals surface area contributed by atoms with E-state index in [1.165, 1.54) is 4.52 Å². The van der Waals surface area contributed by atoms with E-state index in [2.05, 4.69) is 32.1 Å². The van der Waals surface area contributed by atoms with Crippen molar-refractivity contribution in [2.75, 3.05) is 25.4 Å². The Morgan fingerprint density at radius 2 is 1.93 bits per heavy atom. The van der Waals surface area contributed by atoms with Gasteiger partial charge in [-0.1, -0.05) is 42.2 Å². The zero-order valence-electron chi connectivity index (χ0n) is 23.7. The number of aliphatic hydroxyl groups is 1. The minimum atomic E-state index is -1.09. The number of anilines is 1. The van der Waals surface area contributed by atoms with E-state index in [9.17, 15) is 14.7 Å². The van der Waals surface area contributed by atoms with Gasteiger partial charge in [-0.05, 0) is 68.6 Å². The Bertz CT molecular complexity index is 2000. The quantitative estimate of drug-likeness (QED) is 0.282. The monoisotopic (exact) mass is 573 g/mol. The molecule has 1 unspecified atom stereocenters. The van der Waals surface area contributed by atoms with Crippen LogP contribution in [0.2, 0.25) is 0 Å². The molecule has 0 spiro atoms. The molecule has 10 heteroatoms. The number of carbonyl (C=O) groups excluding carboxylic acids is 1. The van der Waals surface area contributed by atoms with Crippen LogP contribution in [0.25, 0.3) is 22.1 Å². The average Bonchev–Trinajstić information content (AvgIpc) is 3.36. The first-order chi connectivity index (χ1) is 20.8. The number of nitrogens with one attached hydrogen (secondary N) is 1. The van der Waals surface area contributed by atoms with Crippen LogP contribution in [0, 0.1) is 17.8 Å². The molecule has 0 aliphatic carbocycles. The zero-order chi connectivity index (χ0) is 29.7. The van der Waals surface area contributed by atoms with Crippen molar-refractivity contribution in [2.45, 2.75) is 31.4 Å². The molecule has 3 aromatic heterocycles. The number of rotatable bonds is 4. The van der Waals surface area contributed by atoms with Crippen LogP contribution >= 0.6 is 0 Å². The van der Waals surface area contributed by atoms with Crippen molar-refractivity contribution in [2.24, 2.45) is 5.92 Å². The summed E-state index contributed by atoms with van der Waals surface area (Å²) < 4.78 is 3.07. The van der Waals surface area contributed by atoms with Crippen LogP contribution < -0.4 is 16.6 Å². The van der Waals surface area contributed by atoms with Gasteiger partial charge in [-0.3, -0.25) is 19.1 Å². The number of nitrogens with two attached hydrogens (primary N) is 1. The normalized spacial score (nSPS) is 21.8. The molecule has 216 valence electrons. The number of aromatic nitrogens is 4. The highest BCUT2D eigenvalue weighted by molar-refractivity contribution is 6.04. The molecule has 10 nitrogen and oxygen atoms in total. The summed E-state index contributed by atoms with van der Waals surface area (Å²) in [6.45, 7) is 4.32. The van der Waals surface area contributed by atoms with E-state index >= 15 is 0 Å². The fraction of sp³-hybridized carbons (Fsp3) is 0.273. The number of piperidine rings is 3. The second kappa shape index (κ2) is 10.4. The highest BCUT2D eigenvalue weighted by Gasteiger charge is 2.44. The summed E-state index contributed by atoms with van der Waals surface area (Å²) in [5.41, 5.74) is 7.06. The SMILES string of the molecule is C[C@H](NC(=O)c1c(N)nn2cccnc12)c1cc2cccc(C#CC3(O)CN4CCC3CC4)c2c(=O)n1-c1ccccc1. The van der Waals surface area contributed by atoms with Gasteiger partial charge in [-0.15, -0.1) is 5.10 Å². The molecule has 3 saturated heterocycles. The van der Waals surface area contributed by atoms with Crippen LogP contribution in [0.15, 0.2) is 77.9 Å². The molecule has 0 saturated carbocycles. The molecule has 8 rings (SSSR count). The average molecular weight is 574 g/mol. The second-order valence-corrected chi connectivity index (χ2v) is 11.4. The summed E-state index contributed by atoms with van der Waals surface area (Å²) in [7, 11) is 0. The lowest BCUT2D eigenvalue weighted by Gasteiger charge is -2.47. The Morgan fingerprint density at radius 3 is 2.67 bits per heavy atom. The third-order valence-corrected chi connectivity index (χ3v) is 8.67. The number of carbonyl (C=O) groups is 1. The Morgan fingerprint density at radius 1 is 1.14 bits per heavy atom. The summed E-state index contributed by atoms with van der Waals surface area (Å²) in [5.74, 6) is 6.09. The summed E-state index contributed by atoms with van der Waals surface area (Å²) in [5, 5.41) is 19.8. The van der Waals surface area contributed by atoms with Crippen molar-refractivity contribution >= 4 is 28.1 Å². The highest BCUT2D eigenvalue weighted by atomic mass is 16.3. The molecular weight excluding hydrogens is 542 g/mol. The van der Waals surface area contributed by atoms with Gasteiger partial charge >= 0.3 is 0 Å². The van der Waals surface area contributed by atoms with Crippen LogP contribution in [0.1, 0.15) is 47.4 Å². The molecule has 3 fully saturated rings. The lowest BCUT2D eigenvalue weighted by Crippen LogP contribution is -2.58. The number of fused-ring (bicyclic) bond motifs is 5. The first-order valence-electron chi connectivity index (χ1n) is 14.4. The lowest BCUT2D eigenvalue weighted by atomic mass is 9.75. The Balaban J connectivity index is 1.32. The second-order valence-electron chi connectivity index (χ2n) is 11.4. The standard InChI is InChI=1S/C33H31N7O3/c1-21(36-31(41)28-29(34)37-39-16-6-15-35-30(28)39)26-19-23-8-5-7-22(11-14-33(43)20-38-17-12-24(33)13-18-38)27(23)32(42)40(26)25-9-3-2-4-10-25/h2-10,15-16,19,21,24,43H,12-13,17-18,20H2,1H3,(H2,34,37)(H,36,41)/t21-,33?/m0/s1. The molecule has 3 aliphatic rings. The van der Waals surface area contributed by atoms with E-state index < -0.39 is 17.6 Å².